The Morgan fingerprint density at radius 2 is 2.09 bits per heavy atom. The first-order chi connectivity index (χ1) is 11.1. The molecule has 0 bridgehead atoms. The molecule has 2 N–H and O–H groups in total. The Hall–Kier alpha value is -2.60. The number of carbonyl (C=O) groups is 1. The van der Waals surface area contributed by atoms with Crippen molar-refractivity contribution in [3.63, 3.8) is 0 Å². The van der Waals surface area contributed by atoms with E-state index < -0.39 is 0 Å². The van der Waals surface area contributed by atoms with Crippen LogP contribution in [0.25, 0.3) is 21.8 Å². The highest BCUT2D eigenvalue weighted by Gasteiger charge is 2.17. The lowest BCUT2D eigenvalue weighted by Gasteiger charge is -2.07. The molecule has 1 amide bonds. The number of pyridine rings is 1. The summed E-state index contributed by atoms with van der Waals surface area (Å²) in [5.41, 5.74) is 1.82. The van der Waals surface area contributed by atoms with Gasteiger partial charge >= 0.3 is 0 Å². The average Bonchev–Trinajstić information content (AvgIpc) is 2.90. The summed E-state index contributed by atoms with van der Waals surface area (Å²) in [4.78, 5) is 27.5. The van der Waals surface area contributed by atoms with Gasteiger partial charge in [0.15, 0.2) is 0 Å². The summed E-state index contributed by atoms with van der Waals surface area (Å²) in [6, 6.07) is 9.22. The van der Waals surface area contributed by atoms with Gasteiger partial charge in [-0.3, -0.25) is 9.59 Å². The Morgan fingerprint density at radius 1 is 1.30 bits per heavy atom. The van der Waals surface area contributed by atoms with Crippen molar-refractivity contribution in [2.24, 2.45) is 7.05 Å². The molecule has 2 aromatic heterocycles. The number of carbonyl (C=O) groups excluding carboxylic acids is 1. The highest BCUT2D eigenvalue weighted by atomic mass is 16.5. The molecule has 6 nitrogen and oxygen atoms in total. The zero-order valence-corrected chi connectivity index (χ0v) is 13.2. The minimum atomic E-state index is -0.191. The molecule has 0 aliphatic heterocycles. The van der Waals surface area contributed by atoms with Crippen LogP contribution in [0.3, 0.4) is 0 Å². The van der Waals surface area contributed by atoms with Crippen LogP contribution in [0.2, 0.25) is 0 Å². The summed E-state index contributed by atoms with van der Waals surface area (Å²) in [6.45, 7) is 1.13. The molecule has 2 heterocycles. The fourth-order valence-corrected chi connectivity index (χ4v) is 2.82. The van der Waals surface area contributed by atoms with E-state index >= 15 is 0 Å². The van der Waals surface area contributed by atoms with Crippen LogP contribution in [0.5, 0.6) is 0 Å². The number of benzene rings is 1. The number of aromatic amines is 1. The van der Waals surface area contributed by atoms with Gasteiger partial charge in [-0.05, 0) is 18.6 Å². The summed E-state index contributed by atoms with van der Waals surface area (Å²) in [5, 5.41) is 4.29. The molecule has 0 atom stereocenters. The molecule has 120 valence electrons. The summed E-state index contributed by atoms with van der Waals surface area (Å²) in [5.74, 6) is -0.191. The lowest BCUT2D eigenvalue weighted by Crippen LogP contribution is -2.26. The van der Waals surface area contributed by atoms with Gasteiger partial charge in [-0.15, -0.1) is 0 Å². The van der Waals surface area contributed by atoms with Crippen LogP contribution in [-0.4, -0.2) is 35.7 Å². The first kappa shape index (κ1) is 15.3. The lowest BCUT2D eigenvalue weighted by atomic mass is 10.1. The van der Waals surface area contributed by atoms with Crippen LogP contribution in [0.15, 0.2) is 35.1 Å². The number of aryl methyl sites for hydroxylation is 1. The lowest BCUT2D eigenvalue weighted by molar-refractivity contribution is 0.0941. The smallest absolute Gasteiger partial charge is 0.267 e. The maximum absolute atomic E-state index is 12.4. The number of para-hydroxylation sites is 1. The molecule has 1 aromatic carbocycles. The summed E-state index contributed by atoms with van der Waals surface area (Å²) >= 11 is 0. The number of nitrogens with one attached hydrogen (secondary N) is 2. The van der Waals surface area contributed by atoms with Crippen LogP contribution in [0.1, 0.15) is 16.9 Å². The highest BCUT2D eigenvalue weighted by Crippen LogP contribution is 2.23. The van der Waals surface area contributed by atoms with Crippen LogP contribution >= 0.6 is 0 Å². The zero-order chi connectivity index (χ0) is 16.4. The number of hydrogen-bond donors (Lipinski definition) is 2. The highest BCUT2D eigenvalue weighted by molar-refractivity contribution is 6.07. The third-order valence-electron chi connectivity index (χ3n) is 3.95. The molecule has 0 saturated carbocycles. The van der Waals surface area contributed by atoms with Crippen molar-refractivity contribution in [1.82, 2.24) is 14.9 Å². The Labute approximate surface area is 133 Å². The van der Waals surface area contributed by atoms with E-state index in [1.807, 2.05) is 24.3 Å². The van der Waals surface area contributed by atoms with Crippen LogP contribution in [0.4, 0.5) is 0 Å². The SMILES string of the molecule is COCCCNC(=O)c1cc2c(=O)[nH]c3ccccc3c2n1C. The number of rotatable bonds is 5. The average molecular weight is 313 g/mol. The molecule has 0 radical (unpaired) electrons. The van der Waals surface area contributed by atoms with Gasteiger partial charge in [-0.2, -0.15) is 0 Å². The predicted molar refractivity (Wildman–Crippen MR) is 89.9 cm³/mol. The number of methoxy groups -OCH3 is 1. The normalized spacial score (nSPS) is 11.2. The van der Waals surface area contributed by atoms with Gasteiger partial charge in [-0.1, -0.05) is 18.2 Å². The topological polar surface area (TPSA) is 76.1 Å². The van der Waals surface area contributed by atoms with Crippen molar-refractivity contribution < 1.29 is 9.53 Å². The Bertz CT molecular complexity index is 924. The van der Waals surface area contributed by atoms with Crippen molar-refractivity contribution in [3.8, 4) is 0 Å². The molecule has 0 fully saturated rings. The van der Waals surface area contributed by atoms with Gasteiger partial charge in [0.2, 0.25) is 0 Å². The molecule has 0 aliphatic rings. The first-order valence-corrected chi connectivity index (χ1v) is 7.51. The molecule has 23 heavy (non-hydrogen) atoms. The predicted octanol–water partition coefficient (Wildman–Crippen LogP) is 1.79. The standard InChI is InChI=1S/C17H19N3O3/c1-20-14(17(22)18-8-5-9-23-2)10-12-15(20)11-6-3-4-7-13(11)19-16(12)21/h3-4,6-7,10H,5,8-9H2,1-2H3,(H,18,22)(H,19,21). The van der Waals surface area contributed by atoms with Gasteiger partial charge in [0.1, 0.15) is 5.69 Å². The van der Waals surface area contributed by atoms with Crippen LogP contribution < -0.4 is 10.9 Å². The molecule has 3 aromatic rings. The van der Waals surface area contributed by atoms with Crippen LogP contribution in [0, 0.1) is 0 Å². The fraction of sp³-hybridized carbons (Fsp3) is 0.294. The third kappa shape index (κ3) is 2.73. The first-order valence-electron chi connectivity index (χ1n) is 7.51. The Morgan fingerprint density at radius 3 is 2.87 bits per heavy atom. The number of hydrogen-bond acceptors (Lipinski definition) is 3. The summed E-state index contributed by atoms with van der Waals surface area (Å²) in [6.07, 6.45) is 0.746. The van der Waals surface area contributed by atoms with Crippen molar-refractivity contribution in [2.75, 3.05) is 20.3 Å². The number of aromatic nitrogens is 2. The maximum Gasteiger partial charge on any atom is 0.267 e. The van der Waals surface area contributed by atoms with Crippen molar-refractivity contribution >= 4 is 27.7 Å². The second-order valence-corrected chi connectivity index (χ2v) is 5.45. The maximum atomic E-state index is 12.4. The van der Waals surface area contributed by atoms with E-state index in [-0.39, 0.29) is 11.5 Å². The van der Waals surface area contributed by atoms with Crippen molar-refractivity contribution in [3.05, 3.63) is 46.4 Å². The quantitative estimate of drug-likeness (QED) is 0.705. The Balaban J connectivity index is 2.05. The second-order valence-electron chi connectivity index (χ2n) is 5.45. The molecule has 6 heteroatoms. The number of nitrogens with zero attached hydrogens (tertiary/aromatic N) is 1. The fourth-order valence-electron chi connectivity index (χ4n) is 2.82. The second kappa shape index (κ2) is 6.26. The molecular weight excluding hydrogens is 294 g/mol. The molecule has 0 aliphatic carbocycles. The largest absolute Gasteiger partial charge is 0.385 e. The van der Waals surface area contributed by atoms with Gasteiger partial charge in [0.25, 0.3) is 11.5 Å². The van der Waals surface area contributed by atoms with E-state index in [1.165, 1.54) is 0 Å². The molecule has 0 saturated heterocycles. The van der Waals surface area contributed by atoms with Crippen molar-refractivity contribution in [2.45, 2.75) is 6.42 Å². The summed E-state index contributed by atoms with van der Waals surface area (Å²) < 4.78 is 6.74. The molecule has 3 rings (SSSR count). The number of H-pyrrole nitrogens is 1. The molecule has 0 spiro atoms. The van der Waals surface area contributed by atoms with Gasteiger partial charge in [-0.25, -0.2) is 0 Å². The van der Waals surface area contributed by atoms with E-state index in [0.29, 0.717) is 24.2 Å². The van der Waals surface area contributed by atoms with Crippen molar-refractivity contribution in [1.29, 1.82) is 0 Å². The zero-order valence-electron chi connectivity index (χ0n) is 13.2. The Kier molecular flexibility index (Phi) is 4.16. The van der Waals surface area contributed by atoms with Gasteiger partial charge in [0, 0.05) is 32.7 Å². The third-order valence-corrected chi connectivity index (χ3v) is 3.95. The molecule has 0 unspecified atom stereocenters. The van der Waals surface area contributed by atoms with E-state index in [4.69, 9.17) is 4.74 Å². The van der Waals surface area contributed by atoms with Gasteiger partial charge < -0.3 is 19.6 Å². The number of amides is 1. The van der Waals surface area contributed by atoms with E-state index in [2.05, 4.69) is 10.3 Å². The molecular formula is C17H19N3O3. The number of ether oxygens (including phenoxy) is 1. The van der Waals surface area contributed by atoms with E-state index in [0.717, 1.165) is 22.8 Å². The van der Waals surface area contributed by atoms with Gasteiger partial charge in [0.05, 0.1) is 16.4 Å². The minimum Gasteiger partial charge on any atom is -0.385 e. The van der Waals surface area contributed by atoms with E-state index in [9.17, 15) is 9.59 Å². The summed E-state index contributed by atoms with van der Waals surface area (Å²) in [7, 11) is 3.43. The minimum absolute atomic E-state index is 0.187. The van der Waals surface area contributed by atoms with Crippen LogP contribution in [-0.2, 0) is 11.8 Å². The monoisotopic (exact) mass is 313 g/mol. The van der Waals surface area contributed by atoms with E-state index in [1.54, 1.807) is 24.8 Å². The number of fused-ring (bicyclic) bond motifs is 3.